The summed E-state index contributed by atoms with van der Waals surface area (Å²) >= 11 is 0. The zero-order chi connectivity index (χ0) is 80.2. The lowest BCUT2D eigenvalue weighted by Crippen LogP contribution is -2.63. The molecule has 1 aliphatic rings. The summed E-state index contributed by atoms with van der Waals surface area (Å²) in [5, 5.41) is 0. The normalized spacial score (nSPS) is 31.5. The fourth-order valence-electron chi connectivity index (χ4n) is 15.3. The van der Waals surface area contributed by atoms with Crippen LogP contribution in [0.2, 0.25) is 327 Å². The highest BCUT2D eigenvalue weighted by molar-refractivity contribution is 6.98. The average molecular weight is 1850 g/mol. The second kappa shape index (κ2) is 33.7. The first-order chi connectivity index (χ1) is 42.7. The van der Waals surface area contributed by atoms with E-state index in [1.165, 1.54) is 0 Å². The molecule has 0 N–H and O–H groups in total. The Kier molecular flexibility index (Phi) is 34.5. The van der Waals surface area contributed by atoms with E-state index in [0.717, 1.165) is 0 Å². The Morgan fingerprint density at radius 3 is 0.100 bits per heavy atom. The van der Waals surface area contributed by atoms with E-state index in [4.69, 9.17) is 103 Å². The van der Waals surface area contributed by atoms with E-state index in [9.17, 15) is 0 Å². The van der Waals surface area contributed by atoms with Gasteiger partial charge in [-0.25, -0.2) is 0 Å². The molecule has 25 nitrogen and oxygen atoms in total. The minimum atomic E-state index is -2.90. The van der Waals surface area contributed by atoms with Crippen LogP contribution in [-0.2, 0) is 103 Å². The van der Waals surface area contributed by atoms with Gasteiger partial charge >= 0.3 is 214 Å². The second-order valence-corrected chi connectivity index (χ2v) is 128. The van der Waals surface area contributed by atoms with E-state index >= 15 is 0 Å². The molecule has 0 amide bonds. The molecule has 1 heterocycles. The minimum absolute atomic E-state index is 2.05. The largest absolute Gasteiger partial charge is 0.416 e. The van der Waals surface area contributed by atoms with Crippen molar-refractivity contribution in [2.45, 2.75) is 327 Å². The van der Waals surface area contributed by atoms with E-state index in [0.29, 0.717) is 0 Å². The van der Waals surface area contributed by atoms with Gasteiger partial charge in [0, 0.05) is 0 Å². The molecule has 0 atom stereocenters. The summed E-state index contributed by atoms with van der Waals surface area (Å²) < 4.78 is 175. The minimum Gasteiger partial charge on any atom is -0.416 e. The molecule has 0 aromatic heterocycles. The third kappa shape index (κ3) is 44.2. The molecule has 0 aromatic rings. The molecule has 0 aromatic carbocycles. The van der Waals surface area contributed by atoms with Gasteiger partial charge in [0.1, 0.15) is 0 Å². The van der Waals surface area contributed by atoms with Gasteiger partial charge in [-0.05, 0) is 327 Å². The molecule has 1 fully saturated rings. The lowest BCUT2D eigenvalue weighted by Gasteiger charge is -2.45. The monoisotopic (exact) mass is 1850 g/mol. The molecular weight excluding hydrogens is 1700 g/mol. The SMILES string of the molecule is C[Si]1(C)O[Si](C)(C)O[Si](C)(C)O[Si](C)(C)O[Si](C)(C)O[Si](C)(C)O[Si](C)(C)O[Si](C)(C)O[Si](C)(C)O[Si](C)(C)O[Si](C)(C)O[Si](C)(C)O[Si](C)(C)O[Si](C)(C)O[Si](C)(C)O[Si](C)(C)O[Si](C)(C)O[Si](C)(C)O[Si](C)(C)O[Si](C)(C)O[Si](C)(C)O[Si](C)(C)O[Si](C)(C)O[Si](C)(C)O[Si](C)(C)O1. The smallest absolute Gasteiger partial charge is 0.314 e. The fraction of sp³-hybridized carbons (Fsp3) is 1.00. The zero-order valence-corrected chi connectivity index (χ0v) is 97.7. The Morgan fingerprint density at radius 1 is 0.0600 bits per heavy atom. The van der Waals surface area contributed by atoms with Crippen molar-refractivity contribution in [3.05, 3.63) is 0 Å². The van der Waals surface area contributed by atoms with Crippen molar-refractivity contribution in [1.82, 2.24) is 0 Å². The van der Waals surface area contributed by atoms with Crippen molar-refractivity contribution in [2.75, 3.05) is 0 Å². The number of rotatable bonds is 0. The van der Waals surface area contributed by atoms with Crippen molar-refractivity contribution in [3.8, 4) is 0 Å². The summed E-state index contributed by atoms with van der Waals surface area (Å²) in [6, 6.07) is 0. The van der Waals surface area contributed by atoms with Crippen molar-refractivity contribution in [1.29, 1.82) is 0 Å². The second-order valence-electron chi connectivity index (χ2n) is 37.5. The molecular formula is C50H150O25Si25. The Bertz CT molecular complexity index is 1750. The van der Waals surface area contributed by atoms with Gasteiger partial charge in [0.25, 0.3) is 0 Å². The van der Waals surface area contributed by atoms with E-state index in [1.54, 1.807) is 0 Å². The van der Waals surface area contributed by atoms with Crippen LogP contribution in [0.3, 0.4) is 0 Å². The van der Waals surface area contributed by atoms with E-state index in [1.807, 2.05) is 0 Å². The van der Waals surface area contributed by atoms with Crippen LogP contribution >= 0.6 is 0 Å². The summed E-state index contributed by atoms with van der Waals surface area (Å²) in [6.45, 7) is 103. The van der Waals surface area contributed by atoms with Crippen LogP contribution in [0.25, 0.3) is 0 Å². The van der Waals surface area contributed by atoms with Gasteiger partial charge in [0.05, 0.1) is 0 Å². The molecule has 0 spiro atoms. The number of hydrogen-bond donors (Lipinski definition) is 0. The highest BCUT2D eigenvalue weighted by Gasteiger charge is 2.57. The molecule has 50 heteroatoms. The summed E-state index contributed by atoms with van der Waals surface area (Å²) in [7, 11) is -72.6. The Hall–Kier alpha value is 4.42. The van der Waals surface area contributed by atoms with Crippen LogP contribution in [0, 0.1) is 0 Å². The van der Waals surface area contributed by atoms with Crippen LogP contribution in [0.1, 0.15) is 0 Å². The standard InChI is InChI=1S/C50H150O25Si25/c1-76(2)51-77(3,4)53-79(7,8)55-81(11,12)57-83(15,16)59-85(19,20)61-87(23,24)63-89(27,28)65-91(31,32)67-93(35,36)69-95(39,40)71-97(43,44)73-99(47,48)75-100(49,50)74-98(45,46)72-96(41,42)70-94(37,38)68-92(33,34)66-90(29,30)64-88(25,26)62-86(21,22)60-84(17,18)58-82(13,14)56-80(9,10)54-78(5,6)52-76/h1-50H3. The molecule has 0 radical (unpaired) electrons. The van der Waals surface area contributed by atoms with Crippen molar-refractivity contribution in [2.24, 2.45) is 0 Å². The zero-order valence-electron chi connectivity index (χ0n) is 72.7. The molecule has 1 saturated heterocycles. The van der Waals surface area contributed by atoms with Gasteiger partial charge in [-0.2, -0.15) is 0 Å². The van der Waals surface area contributed by atoms with Crippen molar-refractivity contribution in [3.63, 3.8) is 0 Å². The summed E-state index contributed by atoms with van der Waals surface area (Å²) in [5.41, 5.74) is 0. The maximum atomic E-state index is 6.99. The summed E-state index contributed by atoms with van der Waals surface area (Å²) in [5.74, 6) is 0. The fourth-order valence-corrected chi connectivity index (χ4v) is 147. The Balaban J connectivity index is 3.78. The van der Waals surface area contributed by atoms with Crippen LogP contribution in [0.4, 0.5) is 0 Å². The van der Waals surface area contributed by atoms with Crippen LogP contribution in [-0.4, -0.2) is 214 Å². The van der Waals surface area contributed by atoms with Gasteiger partial charge in [0.15, 0.2) is 0 Å². The highest BCUT2D eigenvalue weighted by Crippen LogP contribution is 2.37. The highest BCUT2D eigenvalue weighted by atomic mass is 28.6. The van der Waals surface area contributed by atoms with Crippen LogP contribution < -0.4 is 0 Å². The predicted octanol–water partition coefficient (Wildman–Crippen LogP) is 18.0. The molecule has 100 heavy (non-hydrogen) atoms. The van der Waals surface area contributed by atoms with E-state index in [2.05, 4.69) is 327 Å². The Labute approximate surface area is 638 Å². The quantitative estimate of drug-likeness (QED) is 0.205. The van der Waals surface area contributed by atoms with E-state index < -0.39 is 214 Å². The average Bonchev–Trinajstić information content (AvgIpc) is 0.810. The lowest BCUT2D eigenvalue weighted by molar-refractivity contribution is 0.246. The summed E-state index contributed by atoms with van der Waals surface area (Å²) in [4.78, 5) is 0. The molecule has 600 valence electrons. The van der Waals surface area contributed by atoms with Gasteiger partial charge < -0.3 is 103 Å². The molecule has 1 rings (SSSR count). The van der Waals surface area contributed by atoms with E-state index in [-0.39, 0.29) is 0 Å². The van der Waals surface area contributed by atoms with Crippen LogP contribution in [0.15, 0.2) is 0 Å². The molecule has 0 aliphatic carbocycles. The van der Waals surface area contributed by atoms with Crippen LogP contribution in [0.5, 0.6) is 0 Å². The van der Waals surface area contributed by atoms with Crippen molar-refractivity contribution >= 4 is 214 Å². The maximum Gasteiger partial charge on any atom is 0.314 e. The summed E-state index contributed by atoms with van der Waals surface area (Å²) in [6.07, 6.45) is 0. The predicted molar refractivity (Wildman–Crippen MR) is 464 cm³/mol. The topological polar surface area (TPSA) is 231 Å². The number of hydrogen-bond acceptors (Lipinski definition) is 25. The molecule has 0 saturated carbocycles. The third-order valence-electron chi connectivity index (χ3n) is 12.3. The van der Waals surface area contributed by atoms with Gasteiger partial charge in [-0.3, -0.25) is 0 Å². The first kappa shape index (κ1) is 102. The van der Waals surface area contributed by atoms with Gasteiger partial charge in [-0.15, -0.1) is 0 Å². The third-order valence-corrected chi connectivity index (χ3v) is 111. The maximum absolute atomic E-state index is 6.99. The first-order valence-corrected chi connectivity index (χ1v) is 106. The van der Waals surface area contributed by atoms with Gasteiger partial charge in [0.2, 0.25) is 0 Å². The molecule has 1 aliphatic heterocycles. The first-order valence-electron chi connectivity index (χ1n) is 35.2. The van der Waals surface area contributed by atoms with Crippen molar-refractivity contribution < 1.29 is 103 Å². The van der Waals surface area contributed by atoms with Gasteiger partial charge in [-0.1, -0.05) is 0 Å². The molecule has 0 bridgehead atoms. The Morgan fingerprint density at radius 2 is 0.0800 bits per heavy atom. The lowest BCUT2D eigenvalue weighted by atomic mass is 11.9. The molecule has 0 unspecified atom stereocenters.